The molecule has 1 amide bonds. The van der Waals surface area contributed by atoms with Gasteiger partial charge in [-0.3, -0.25) is 4.79 Å². The molecular weight excluding hydrogens is 428 g/mol. The van der Waals surface area contributed by atoms with Crippen LogP contribution in [0.4, 0.5) is 5.69 Å². The molecule has 4 aromatic rings. The molecule has 1 aliphatic rings. The molecule has 0 saturated carbocycles. The number of anilines is 1. The summed E-state index contributed by atoms with van der Waals surface area (Å²) >= 11 is 1.62. The molecule has 0 aliphatic carbocycles. The minimum absolute atomic E-state index is 0.0391. The lowest BCUT2D eigenvalue weighted by Gasteiger charge is -2.30. The van der Waals surface area contributed by atoms with Crippen LogP contribution in [0.2, 0.25) is 0 Å². The van der Waals surface area contributed by atoms with E-state index in [1.807, 2.05) is 41.3 Å². The van der Waals surface area contributed by atoms with E-state index in [2.05, 4.69) is 62.5 Å². The Labute approximate surface area is 198 Å². The Bertz CT molecular complexity index is 1290. The molecule has 1 aliphatic heterocycles. The predicted molar refractivity (Wildman–Crippen MR) is 135 cm³/mol. The number of nitrogens with zero attached hydrogens (tertiary/aromatic N) is 2. The quantitative estimate of drug-likeness (QED) is 0.345. The van der Waals surface area contributed by atoms with Gasteiger partial charge < -0.3 is 9.64 Å². The highest BCUT2D eigenvalue weighted by atomic mass is 32.1. The normalized spacial score (nSPS) is 13.5. The number of hydrogen-bond donors (Lipinski definition) is 0. The molecule has 0 saturated heterocycles. The van der Waals surface area contributed by atoms with Gasteiger partial charge in [0.2, 0.25) is 0 Å². The van der Waals surface area contributed by atoms with E-state index in [0.717, 1.165) is 38.8 Å². The average Bonchev–Trinajstić information content (AvgIpc) is 3.31. The first-order valence-corrected chi connectivity index (χ1v) is 11.9. The number of fused-ring (bicyclic) bond motifs is 1. The summed E-state index contributed by atoms with van der Waals surface area (Å²) in [5.74, 6) is 0.686. The Morgan fingerprint density at radius 3 is 2.45 bits per heavy atom. The largest absolute Gasteiger partial charge is 0.482 e. The summed E-state index contributed by atoms with van der Waals surface area (Å²) in [5, 5.41) is 3.04. The molecule has 0 fully saturated rings. The van der Waals surface area contributed by atoms with Crippen LogP contribution in [0.1, 0.15) is 31.9 Å². The van der Waals surface area contributed by atoms with E-state index < -0.39 is 0 Å². The first kappa shape index (κ1) is 21.4. The molecule has 0 spiro atoms. The highest BCUT2D eigenvalue weighted by molar-refractivity contribution is 7.13. The van der Waals surface area contributed by atoms with E-state index in [0.29, 0.717) is 6.54 Å². The second kappa shape index (κ2) is 8.49. The van der Waals surface area contributed by atoms with E-state index in [4.69, 9.17) is 9.72 Å². The van der Waals surface area contributed by atoms with Crippen molar-refractivity contribution < 1.29 is 9.53 Å². The van der Waals surface area contributed by atoms with Crippen molar-refractivity contribution in [1.82, 2.24) is 4.98 Å². The highest BCUT2D eigenvalue weighted by Gasteiger charge is 2.26. The van der Waals surface area contributed by atoms with Gasteiger partial charge in [-0.2, -0.15) is 0 Å². The van der Waals surface area contributed by atoms with Crippen molar-refractivity contribution in [3.63, 3.8) is 0 Å². The number of benzene rings is 3. The van der Waals surface area contributed by atoms with Crippen molar-refractivity contribution in [3.8, 4) is 27.6 Å². The van der Waals surface area contributed by atoms with Crippen LogP contribution in [0, 0.1) is 0 Å². The maximum absolute atomic E-state index is 12.8. The minimum Gasteiger partial charge on any atom is -0.482 e. The van der Waals surface area contributed by atoms with Gasteiger partial charge in [0, 0.05) is 16.5 Å². The summed E-state index contributed by atoms with van der Waals surface area (Å²) in [5.41, 5.74) is 6.23. The number of carbonyl (C=O) groups is 1. The third-order valence-corrected chi connectivity index (χ3v) is 6.77. The molecule has 4 nitrogen and oxygen atoms in total. The van der Waals surface area contributed by atoms with Crippen LogP contribution in [0.5, 0.6) is 5.75 Å². The Morgan fingerprint density at radius 1 is 0.970 bits per heavy atom. The number of rotatable bonds is 4. The summed E-state index contributed by atoms with van der Waals surface area (Å²) < 4.78 is 5.72. The standard InChI is InChI=1S/C28H26N2O2S/c1-28(2,3)22-12-9-19(10-13-22)16-30-24-15-21(11-14-25(24)32-17-26(30)31)23-18-33-27(29-23)20-7-5-4-6-8-20/h4-15,18H,16-17H2,1-3H3. The molecule has 0 radical (unpaired) electrons. The zero-order chi connectivity index (χ0) is 23.0. The van der Waals surface area contributed by atoms with Gasteiger partial charge >= 0.3 is 0 Å². The molecule has 0 N–H and O–H groups in total. The summed E-state index contributed by atoms with van der Waals surface area (Å²) in [7, 11) is 0. The van der Waals surface area contributed by atoms with E-state index >= 15 is 0 Å². The molecule has 2 heterocycles. The topological polar surface area (TPSA) is 42.4 Å². The van der Waals surface area contributed by atoms with Crippen LogP contribution in [-0.2, 0) is 16.8 Å². The van der Waals surface area contributed by atoms with Crippen LogP contribution in [0.15, 0.2) is 78.2 Å². The monoisotopic (exact) mass is 454 g/mol. The Balaban J connectivity index is 1.45. The number of carbonyl (C=O) groups excluding carboxylic acids is 1. The van der Waals surface area contributed by atoms with Crippen LogP contribution in [0.25, 0.3) is 21.8 Å². The number of hydrogen-bond acceptors (Lipinski definition) is 4. The molecule has 0 bridgehead atoms. The Hall–Kier alpha value is -3.44. The van der Waals surface area contributed by atoms with Gasteiger partial charge in [-0.25, -0.2) is 4.98 Å². The number of amides is 1. The van der Waals surface area contributed by atoms with Crippen molar-refractivity contribution in [1.29, 1.82) is 0 Å². The fourth-order valence-electron chi connectivity index (χ4n) is 3.95. The van der Waals surface area contributed by atoms with Crippen molar-refractivity contribution in [2.24, 2.45) is 0 Å². The fraction of sp³-hybridized carbons (Fsp3) is 0.214. The first-order chi connectivity index (χ1) is 15.9. The lowest BCUT2D eigenvalue weighted by atomic mass is 9.87. The molecular formula is C28H26N2O2S. The van der Waals surface area contributed by atoms with Gasteiger partial charge in [0.05, 0.1) is 17.9 Å². The smallest absolute Gasteiger partial charge is 0.265 e. The fourth-order valence-corrected chi connectivity index (χ4v) is 4.78. The molecule has 0 unspecified atom stereocenters. The van der Waals surface area contributed by atoms with Gasteiger partial charge in [-0.1, -0.05) is 75.4 Å². The van der Waals surface area contributed by atoms with Gasteiger partial charge in [-0.05, 0) is 34.7 Å². The van der Waals surface area contributed by atoms with E-state index in [9.17, 15) is 4.79 Å². The molecule has 5 rings (SSSR count). The van der Waals surface area contributed by atoms with Crippen LogP contribution >= 0.6 is 11.3 Å². The maximum atomic E-state index is 12.8. The van der Waals surface area contributed by atoms with Crippen molar-refractivity contribution in [3.05, 3.63) is 89.3 Å². The van der Waals surface area contributed by atoms with E-state index in [-0.39, 0.29) is 17.9 Å². The molecule has 5 heteroatoms. The zero-order valence-electron chi connectivity index (χ0n) is 19.0. The summed E-state index contributed by atoms with van der Waals surface area (Å²) in [6.07, 6.45) is 0. The van der Waals surface area contributed by atoms with Crippen molar-refractivity contribution in [2.45, 2.75) is 32.7 Å². The van der Waals surface area contributed by atoms with Crippen LogP contribution < -0.4 is 9.64 Å². The zero-order valence-corrected chi connectivity index (χ0v) is 19.9. The number of ether oxygens (including phenoxy) is 1. The lowest BCUT2D eigenvalue weighted by molar-refractivity contribution is -0.121. The first-order valence-electron chi connectivity index (χ1n) is 11.1. The van der Waals surface area contributed by atoms with Gasteiger partial charge in [-0.15, -0.1) is 11.3 Å². The summed E-state index contributed by atoms with van der Waals surface area (Å²) in [4.78, 5) is 19.5. The van der Waals surface area contributed by atoms with Crippen molar-refractivity contribution >= 4 is 22.9 Å². The number of thiazole rings is 1. The van der Waals surface area contributed by atoms with Gasteiger partial charge in [0.1, 0.15) is 10.8 Å². The van der Waals surface area contributed by atoms with Gasteiger partial charge in [0.15, 0.2) is 6.61 Å². The molecule has 33 heavy (non-hydrogen) atoms. The van der Waals surface area contributed by atoms with Crippen LogP contribution in [0.3, 0.4) is 0 Å². The minimum atomic E-state index is -0.0391. The van der Waals surface area contributed by atoms with Gasteiger partial charge in [0.25, 0.3) is 5.91 Å². The van der Waals surface area contributed by atoms with Crippen LogP contribution in [-0.4, -0.2) is 17.5 Å². The maximum Gasteiger partial charge on any atom is 0.265 e. The molecule has 1 aromatic heterocycles. The predicted octanol–water partition coefficient (Wildman–Crippen LogP) is 6.70. The molecule has 166 valence electrons. The summed E-state index contributed by atoms with van der Waals surface area (Å²) in [6, 6.07) is 24.7. The summed E-state index contributed by atoms with van der Waals surface area (Å²) in [6.45, 7) is 7.17. The lowest BCUT2D eigenvalue weighted by Crippen LogP contribution is -2.38. The number of aromatic nitrogens is 1. The second-order valence-electron chi connectivity index (χ2n) is 9.30. The molecule has 0 atom stereocenters. The third-order valence-electron chi connectivity index (χ3n) is 5.88. The average molecular weight is 455 g/mol. The second-order valence-corrected chi connectivity index (χ2v) is 10.2. The Morgan fingerprint density at radius 2 is 1.73 bits per heavy atom. The third kappa shape index (κ3) is 4.41. The highest BCUT2D eigenvalue weighted by Crippen LogP contribution is 2.38. The Kier molecular flexibility index (Phi) is 5.51. The SMILES string of the molecule is CC(C)(C)c1ccc(CN2C(=O)COc3ccc(-c4csc(-c5ccccc5)n4)cc32)cc1. The molecule has 3 aromatic carbocycles. The van der Waals surface area contributed by atoms with E-state index in [1.54, 1.807) is 11.3 Å². The van der Waals surface area contributed by atoms with Crippen molar-refractivity contribution in [2.75, 3.05) is 11.5 Å². The van der Waals surface area contributed by atoms with E-state index in [1.165, 1.54) is 5.56 Å².